The molecule has 0 radical (unpaired) electrons. The van der Waals surface area contributed by atoms with Gasteiger partial charge in [0.25, 0.3) is 10.0 Å². The van der Waals surface area contributed by atoms with Gasteiger partial charge in [0, 0.05) is 6.54 Å². The molecule has 1 aromatic carbocycles. The smallest absolute Gasteiger partial charge is 0.425 e. The van der Waals surface area contributed by atoms with Crippen molar-refractivity contribution in [2.24, 2.45) is 5.73 Å². The number of rotatable bonds is 8. The number of hydrogen-bond acceptors (Lipinski definition) is 6. The molecule has 0 unspecified atom stereocenters. The molecule has 0 aliphatic carbocycles. The van der Waals surface area contributed by atoms with Crippen molar-refractivity contribution in [3.05, 3.63) is 29.8 Å². The SMILES string of the molecule is Cc1ccc(S(=O)(=O)N(C(=O)OC(C)(C)C)[C@@H](CCCNC(=N)N)C(=O)O)cc1. The number of hydrogen-bond donors (Lipinski definition) is 4. The third-order valence-electron chi connectivity index (χ3n) is 3.69. The van der Waals surface area contributed by atoms with Gasteiger partial charge in [0.2, 0.25) is 0 Å². The van der Waals surface area contributed by atoms with E-state index in [2.05, 4.69) is 5.32 Å². The first kappa shape index (κ1) is 24.2. The van der Waals surface area contributed by atoms with E-state index in [1.165, 1.54) is 12.1 Å². The maximum Gasteiger partial charge on any atom is 0.425 e. The molecule has 29 heavy (non-hydrogen) atoms. The number of ether oxygens (including phenoxy) is 1. The van der Waals surface area contributed by atoms with Crippen molar-refractivity contribution in [1.29, 1.82) is 5.41 Å². The van der Waals surface area contributed by atoms with Crippen LogP contribution in [0.1, 0.15) is 39.2 Å². The summed E-state index contributed by atoms with van der Waals surface area (Å²) in [6.07, 6.45) is -1.32. The van der Waals surface area contributed by atoms with Crippen LogP contribution in [-0.4, -0.2) is 54.0 Å². The zero-order chi connectivity index (χ0) is 22.4. The molecule has 0 heterocycles. The molecule has 1 rings (SSSR count). The summed E-state index contributed by atoms with van der Waals surface area (Å²) in [5.41, 5.74) is 4.95. The zero-order valence-electron chi connectivity index (χ0n) is 16.9. The minimum atomic E-state index is -4.50. The molecule has 0 aliphatic heterocycles. The van der Waals surface area contributed by atoms with Crippen LogP contribution in [0.4, 0.5) is 4.79 Å². The standard InChI is InChI=1S/C18H28N4O6S/c1-12-7-9-13(10-8-12)29(26,27)22(17(25)28-18(2,3)4)14(15(23)24)6-5-11-21-16(19)20/h7-10,14H,5-6,11H2,1-4H3,(H,23,24)(H4,19,20,21)/t14-/m0/s1. The minimum absolute atomic E-state index is 0.145. The number of nitrogens with one attached hydrogen (secondary N) is 2. The second-order valence-corrected chi connectivity index (χ2v) is 9.25. The number of aliphatic carboxylic acids is 1. The molecule has 5 N–H and O–H groups in total. The fraction of sp³-hybridized carbons (Fsp3) is 0.500. The third kappa shape index (κ3) is 7.26. The monoisotopic (exact) mass is 428 g/mol. The maximum atomic E-state index is 13.1. The number of carboxylic acids is 1. The fourth-order valence-electron chi connectivity index (χ4n) is 2.38. The topological polar surface area (TPSA) is 163 Å². The molecule has 0 saturated carbocycles. The van der Waals surface area contributed by atoms with Gasteiger partial charge in [-0.25, -0.2) is 18.0 Å². The Kier molecular flexibility index (Phi) is 8.01. The average molecular weight is 429 g/mol. The van der Waals surface area contributed by atoms with E-state index in [0.717, 1.165) is 5.56 Å². The van der Waals surface area contributed by atoms with Crippen LogP contribution in [0.3, 0.4) is 0 Å². The lowest BCUT2D eigenvalue weighted by molar-refractivity contribution is -0.141. The fourth-order valence-corrected chi connectivity index (χ4v) is 3.85. The van der Waals surface area contributed by atoms with Crippen LogP contribution < -0.4 is 11.1 Å². The van der Waals surface area contributed by atoms with E-state index in [1.54, 1.807) is 39.8 Å². The molecule has 0 aliphatic rings. The third-order valence-corrected chi connectivity index (χ3v) is 5.48. The first-order valence-corrected chi connectivity index (χ1v) is 10.3. The predicted octanol–water partition coefficient (Wildman–Crippen LogP) is 1.64. The number of carboxylic acid groups (broad SMARTS) is 1. The molecular formula is C18H28N4O6S. The number of guanidine groups is 1. The number of carbonyl (C=O) groups is 2. The molecule has 1 atom stereocenters. The molecule has 0 fully saturated rings. The van der Waals surface area contributed by atoms with Crippen LogP contribution in [0.15, 0.2) is 29.2 Å². The first-order valence-electron chi connectivity index (χ1n) is 8.90. The van der Waals surface area contributed by atoms with Gasteiger partial charge in [0.1, 0.15) is 11.6 Å². The number of benzene rings is 1. The van der Waals surface area contributed by atoms with Crippen LogP contribution in [0.2, 0.25) is 0 Å². The lowest BCUT2D eigenvalue weighted by atomic mass is 10.1. The molecule has 0 bridgehead atoms. The summed E-state index contributed by atoms with van der Waals surface area (Å²) in [7, 11) is -4.50. The van der Waals surface area contributed by atoms with Crippen LogP contribution in [0.25, 0.3) is 0 Å². The lowest BCUT2D eigenvalue weighted by Gasteiger charge is -2.30. The number of sulfonamides is 1. The molecule has 0 saturated heterocycles. The maximum absolute atomic E-state index is 13.1. The first-order chi connectivity index (χ1) is 13.3. The molecule has 11 heteroatoms. The van der Waals surface area contributed by atoms with Crippen LogP contribution in [0, 0.1) is 12.3 Å². The van der Waals surface area contributed by atoms with Gasteiger partial charge in [-0.3, -0.25) is 5.41 Å². The second kappa shape index (κ2) is 9.59. The summed E-state index contributed by atoms with van der Waals surface area (Å²) < 4.78 is 31.8. The van der Waals surface area contributed by atoms with E-state index in [0.29, 0.717) is 0 Å². The Morgan fingerprint density at radius 2 is 1.83 bits per heavy atom. The van der Waals surface area contributed by atoms with E-state index in [1.807, 2.05) is 0 Å². The van der Waals surface area contributed by atoms with Crippen LogP contribution in [0.5, 0.6) is 0 Å². The second-order valence-electron chi connectivity index (χ2n) is 7.43. The van der Waals surface area contributed by atoms with Crippen molar-refractivity contribution in [3.8, 4) is 0 Å². The van der Waals surface area contributed by atoms with Gasteiger partial charge in [0.05, 0.1) is 4.90 Å². The van der Waals surface area contributed by atoms with E-state index < -0.39 is 33.7 Å². The highest BCUT2D eigenvalue weighted by atomic mass is 32.2. The van der Waals surface area contributed by atoms with Gasteiger partial charge >= 0.3 is 12.1 Å². The van der Waals surface area contributed by atoms with Crippen molar-refractivity contribution in [2.45, 2.75) is 57.1 Å². The van der Waals surface area contributed by atoms with E-state index >= 15 is 0 Å². The molecule has 1 amide bonds. The number of nitrogens with zero attached hydrogens (tertiary/aromatic N) is 1. The Morgan fingerprint density at radius 3 is 2.28 bits per heavy atom. The van der Waals surface area contributed by atoms with E-state index in [4.69, 9.17) is 15.9 Å². The summed E-state index contributed by atoms with van der Waals surface area (Å²) in [5.74, 6) is -1.79. The molecule has 162 valence electrons. The molecule has 10 nitrogen and oxygen atoms in total. The summed E-state index contributed by atoms with van der Waals surface area (Å²) in [6.45, 7) is 6.56. The number of aryl methyl sites for hydroxylation is 1. The lowest BCUT2D eigenvalue weighted by Crippen LogP contribution is -2.50. The minimum Gasteiger partial charge on any atom is -0.480 e. The summed E-state index contributed by atoms with van der Waals surface area (Å²) in [4.78, 5) is 24.4. The van der Waals surface area contributed by atoms with Gasteiger partial charge in [-0.1, -0.05) is 17.7 Å². The van der Waals surface area contributed by atoms with Gasteiger partial charge in [-0.05, 0) is 52.7 Å². The largest absolute Gasteiger partial charge is 0.480 e. The number of amides is 1. The summed E-state index contributed by atoms with van der Waals surface area (Å²) in [5, 5.41) is 19.3. The Morgan fingerprint density at radius 1 is 1.28 bits per heavy atom. The quantitative estimate of drug-likeness (QED) is 0.276. The van der Waals surface area contributed by atoms with Crippen molar-refractivity contribution >= 4 is 28.0 Å². The molecule has 1 aromatic rings. The van der Waals surface area contributed by atoms with E-state index in [-0.39, 0.29) is 34.5 Å². The predicted molar refractivity (Wildman–Crippen MR) is 107 cm³/mol. The highest BCUT2D eigenvalue weighted by Crippen LogP contribution is 2.24. The Labute approximate surface area is 170 Å². The van der Waals surface area contributed by atoms with Gasteiger partial charge in [-0.2, -0.15) is 4.31 Å². The van der Waals surface area contributed by atoms with Crippen molar-refractivity contribution in [2.75, 3.05) is 6.54 Å². The van der Waals surface area contributed by atoms with Gasteiger partial charge in [0.15, 0.2) is 5.96 Å². The zero-order valence-corrected chi connectivity index (χ0v) is 17.7. The molecular weight excluding hydrogens is 400 g/mol. The van der Waals surface area contributed by atoms with Gasteiger partial charge in [-0.15, -0.1) is 0 Å². The van der Waals surface area contributed by atoms with E-state index in [9.17, 15) is 23.1 Å². The van der Waals surface area contributed by atoms with Crippen molar-refractivity contribution < 1.29 is 27.9 Å². The van der Waals surface area contributed by atoms with Gasteiger partial charge < -0.3 is 20.9 Å². The molecule has 0 aromatic heterocycles. The Bertz CT molecular complexity index is 846. The number of nitrogens with two attached hydrogens (primary N) is 1. The van der Waals surface area contributed by atoms with Crippen LogP contribution >= 0.6 is 0 Å². The molecule has 0 spiro atoms. The van der Waals surface area contributed by atoms with Crippen molar-refractivity contribution in [3.63, 3.8) is 0 Å². The Hall–Kier alpha value is -2.82. The highest BCUT2D eigenvalue weighted by molar-refractivity contribution is 7.89. The number of carbonyl (C=O) groups excluding carboxylic acids is 1. The average Bonchev–Trinajstić information content (AvgIpc) is 2.55. The van der Waals surface area contributed by atoms with Crippen LogP contribution in [-0.2, 0) is 19.6 Å². The normalized spacial score (nSPS) is 12.7. The Balaban J connectivity index is 3.33. The van der Waals surface area contributed by atoms with Crippen molar-refractivity contribution in [1.82, 2.24) is 9.62 Å². The summed E-state index contributed by atoms with van der Waals surface area (Å²) in [6, 6.07) is 4.01. The highest BCUT2D eigenvalue weighted by Gasteiger charge is 2.42. The summed E-state index contributed by atoms with van der Waals surface area (Å²) >= 11 is 0.